The molecule has 5 aromatic carbocycles. The van der Waals surface area contributed by atoms with E-state index in [2.05, 4.69) is 98.3 Å². The van der Waals surface area contributed by atoms with Crippen LogP contribution < -0.4 is 22.1 Å². The van der Waals surface area contributed by atoms with Gasteiger partial charge >= 0.3 is 72.7 Å². The minimum absolute atomic E-state index is 0.187. The highest BCUT2D eigenvalue weighted by Crippen LogP contribution is 2.41. The molecule has 5 aliphatic heterocycles. The normalized spacial score (nSPS) is 20.2. The maximum atomic E-state index is 13.5. The van der Waals surface area contributed by atoms with Gasteiger partial charge in [-0.05, 0) is 77.8 Å². The van der Waals surface area contributed by atoms with E-state index in [-0.39, 0.29) is 47.4 Å². The number of hydrogen-bond acceptors (Lipinski definition) is 15. The summed E-state index contributed by atoms with van der Waals surface area (Å²) in [6, 6.07) is 52.9. The lowest BCUT2D eigenvalue weighted by Gasteiger charge is -2.38. The molecule has 109 heavy (non-hydrogen) atoms. The summed E-state index contributed by atoms with van der Waals surface area (Å²) in [5, 5.41) is 0. The molecule has 5 heterocycles. The third-order valence-electron chi connectivity index (χ3n) is 21.8. The Kier molecular flexibility index (Phi) is 34.1. The first-order valence-corrected chi connectivity index (χ1v) is 72.0. The Morgan fingerprint density at radius 3 is 0.917 bits per heavy atom. The van der Waals surface area contributed by atoms with Crippen LogP contribution in [-0.4, -0.2) is 123 Å². The van der Waals surface area contributed by atoms with Crippen molar-refractivity contribution in [3.8, 4) is 28.7 Å². The molecule has 15 nitrogen and oxygen atoms in total. The number of unbranched alkanes of at least 4 members (excludes halogenated alkanes) is 10. The van der Waals surface area contributed by atoms with Crippen LogP contribution in [0.5, 0.6) is 28.7 Å². The van der Waals surface area contributed by atoms with Crippen LogP contribution >= 0.6 is 0 Å². The van der Waals surface area contributed by atoms with Crippen LogP contribution in [0, 0.1) is 0 Å². The molecule has 3 unspecified atom stereocenters. The minimum atomic E-state index is -2.81. The molecule has 0 spiro atoms. The average molecular weight is 1680 g/mol. The SMILES string of the molecule is C=C[Si]1(C)OC(=O)c2ccccc2O1.C=C[Si]1(C=C)OC(=O)c2ccccc2O1.C[SiH](C)CCCCCCC[SiH](C)C.C[Si](C)(CCCCCC[Si](C)(C)CC[Si]1(CC[Si](C)(C)CCCCCC[Si](C)(C)CC[Si]2(C)OC(=O)c3ccccc3O2)OC(=O)c2ccccc2O1)CC[Si]1(C)OC(=O)c2ccccc2O1. The zero-order chi connectivity index (χ0) is 79.7. The van der Waals surface area contributed by atoms with Crippen molar-refractivity contribution in [2.24, 2.45) is 0 Å². The van der Waals surface area contributed by atoms with Crippen molar-refractivity contribution >= 4 is 123 Å². The summed E-state index contributed by atoms with van der Waals surface area (Å²) < 4.78 is 59.7. The molecule has 5 aromatic rings. The van der Waals surface area contributed by atoms with Gasteiger partial charge in [0.15, 0.2) is 0 Å². The Morgan fingerprint density at radius 2 is 0.578 bits per heavy atom. The maximum absolute atomic E-state index is 13.5. The summed E-state index contributed by atoms with van der Waals surface area (Å²) in [6.45, 7) is 46.6. The number of fused-ring (bicyclic) bond motifs is 5. The van der Waals surface area contributed by atoms with E-state index < -0.39 is 75.1 Å². The molecule has 5 aliphatic rings. The van der Waals surface area contributed by atoms with Crippen LogP contribution in [-0.2, 0) is 22.1 Å². The van der Waals surface area contributed by atoms with Crippen molar-refractivity contribution in [2.45, 2.75) is 266 Å². The fourth-order valence-electron chi connectivity index (χ4n) is 14.3. The molecule has 0 amide bonds. The minimum Gasteiger partial charge on any atom is -0.511 e. The van der Waals surface area contributed by atoms with E-state index in [1.165, 1.54) is 119 Å². The van der Waals surface area contributed by atoms with Gasteiger partial charge in [-0.3, -0.25) is 0 Å². The highest BCUT2D eigenvalue weighted by molar-refractivity contribution is 6.83. The quantitative estimate of drug-likeness (QED) is 0.0271. The second-order valence-corrected chi connectivity index (χ2v) is 78.2. The number of para-hydroxylation sites is 5. The van der Waals surface area contributed by atoms with Crippen LogP contribution in [0.3, 0.4) is 0 Å². The third-order valence-corrected chi connectivity index (χ3v) is 52.3. The summed E-state index contributed by atoms with van der Waals surface area (Å²) in [7, 11) is -19.8. The number of carbonyl (C=O) groups is 5. The van der Waals surface area contributed by atoms with E-state index in [0.29, 0.717) is 50.8 Å². The molecule has 0 N–H and O–H groups in total. The van der Waals surface area contributed by atoms with Gasteiger partial charge in [0, 0.05) is 93.7 Å². The molecule has 0 bridgehead atoms. The van der Waals surface area contributed by atoms with Gasteiger partial charge in [0.25, 0.3) is 0 Å². The molecule has 0 radical (unpaired) electrons. The van der Waals surface area contributed by atoms with Gasteiger partial charge < -0.3 is 44.3 Å². The molecule has 596 valence electrons. The van der Waals surface area contributed by atoms with Crippen molar-refractivity contribution in [1.82, 2.24) is 0 Å². The van der Waals surface area contributed by atoms with Gasteiger partial charge in [-0.15, -0.1) is 6.58 Å². The zero-order valence-electron chi connectivity index (χ0n) is 68.8. The van der Waals surface area contributed by atoms with Gasteiger partial charge in [0.1, 0.15) is 28.7 Å². The van der Waals surface area contributed by atoms with Crippen molar-refractivity contribution in [3.05, 3.63) is 186 Å². The summed E-state index contributed by atoms with van der Waals surface area (Å²) in [5.41, 5.74) is 7.25. The molecule has 0 fully saturated rings. The highest BCUT2D eigenvalue weighted by Gasteiger charge is 2.51. The van der Waals surface area contributed by atoms with Gasteiger partial charge in [-0.1, -0.05) is 296 Å². The molecule has 0 saturated carbocycles. The highest BCUT2D eigenvalue weighted by atomic mass is 28.4. The first-order valence-electron chi connectivity index (χ1n) is 40.4. The van der Waals surface area contributed by atoms with Crippen LogP contribution in [0.2, 0.25) is 183 Å². The van der Waals surface area contributed by atoms with E-state index in [1.807, 2.05) is 85.9 Å². The topological polar surface area (TPSA) is 178 Å². The predicted molar refractivity (Wildman–Crippen MR) is 474 cm³/mol. The Hall–Kier alpha value is -5.94. The molecular formula is C83H130O15Si11. The van der Waals surface area contributed by atoms with Crippen LogP contribution in [0.4, 0.5) is 0 Å². The molecule has 0 saturated heterocycles. The van der Waals surface area contributed by atoms with Crippen LogP contribution in [0.15, 0.2) is 158 Å². The van der Waals surface area contributed by atoms with Crippen molar-refractivity contribution in [1.29, 1.82) is 0 Å². The third kappa shape index (κ3) is 28.9. The lowest BCUT2D eigenvalue weighted by molar-refractivity contribution is 0.0642. The molecule has 0 aromatic heterocycles. The molecule has 10 rings (SSSR count). The second-order valence-electron chi connectivity index (χ2n) is 35.1. The van der Waals surface area contributed by atoms with E-state index in [9.17, 15) is 24.0 Å². The van der Waals surface area contributed by atoms with E-state index in [1.54, 1.807) is 72.9 Å². The standard InChI is InChI=1S/C51H82O9Si7.C11H10O3Si.C11H28Si2.C10H10O3Si/c1-61(2,35-39-65(9)55-46-28-18-15-25-43(46)49(52)58-65)31-21-11-13-23-33-63(5,6)37-41-67(57-48-30-20-17-27-45(48)51(54)60-67)42-38-64(7,8)34-24-14-12-22-32-62(3,4)36-40-66(10)56-47-29-19-16-26-44(47)50(53)59-66;1-3-15(4-2)13-10-8-6-5-7-9(10)11(12)14-15;1-12(2)10-8-6-5-7-9-11-13(3)4;1-3-14(2)12-9-7-5-4-6-8(9)10(11)13-14/h15-20,25-30H,11-14,21-24,31-42H2,1-10H3;3-8H,1-2H2;12-13H,5-11H2,1-4H3;3-7H,1H2,2H3. The number of rotatable bonds is 37. The first-order chi connectivity index (χ1) is 51.5. The van der Waals surface area contributed by atoms with E-state index in [0.717, 1.165) is 54.1 Å². The van der Waals surface area contributed by atoms with E-state index >= 15 is 0 Å². The molecule has 0 aliphatic carbocycles. The number of hydrogen-bond donors (Lipinski definition) is 0. The summed E-state index contributed by atoms with van der Waals surface area (Å²) in [4.78, 5) is 62.1. The lowest BCUT2D eigenvalue weighted by Crippen LogP contribution is -2.52. The second kappa shape index (κ2) is 41.2. The number of carbonyl (C=O) groups excluding carboxylic acids is 5. The summed E-state index contributed by atoms with van der Waals surface area (Å²) in [5.74, 6) is 1.90. The smallest absolute Gasteiger partial charge is 0.511 e. The van der Waals surface area contributed by atoms with E-state index in [4.69, 9.17) is 44.3 Å². The Labute approximate surface area is 666 Å². The zero-order valence-corrected chi connectivity index (χ0v) is 80.1. The van der Waals surface area contributed by atoms with Gasteiger partial charge in [0.2, 0.25) is 0 Å². The van der Waals surface area contributed by atoms with Crippen LogP contribution in [0.25, 0.3) is 0 Å². The molecular weight excluding hydrogens is 1550 g/mol. The molecule has 3 atom stereocenters. The van der Waals surface area contributed by atoms with Crippen molar-refractivity contribution in [2.75, 3.05) is 0 Å². The fraction of sp³-hybridized carbons (Fsp3) is 0.506. The monoisotopic (exact) mass is 1670 g/mol. The first kappa shape index (κ1) is 90.3. The van der Waals surface area contributed by atoms with Gasteiger partial charge in [-0.25, -0.2) is 24.0 Å². The fourth-order valence-corrected chi connectivity index (χ4v) is 47.1. The average Bonchev–Trinajstić information content (AvgIpc) is 0.806. The van der Waals surface area contributed by atoms with Crippen LogP contribution in [0.1, 0.15) is 135 Å². The van der Waals surface area contributed by atoms with Crippen molar-refractivity contribution in [3.63, 3.8) is 0 Å². The predicted octanol–water partition coefficient (Wildman–Crippen LogP) is 23.3. The van der Waals surface area contributed by atoms with Crippen molar-refractivity contribution < 1.29 is 68.2 Å². The maximum Gasteiger partial charge on any atom is 0.517 e. The summed E-state index contributed by atoms with van der Waals surface area (Å²) in [6.07, 6.45) is 17.6. The summed E-state index contributed by atoms with van der Waals surface area (Å²) >= 11 is 0. The number of benzene rings is 5. The Morgan fingerprint density at radius 1 is 0.303 bits per heavy atom. The lowest BCUT2D eigenvalue weighted by atomic mass is 10.2. The molecule has 26 heteroatoms. The Balaban J connectivity index is 0.000000312. The Bertz CT molecular complexity index is 3730. The van der Waals surface area contributed by atoms with Gasteiger partial charge in [0.05, 0.1) is 27.8 Å². The van der Waals surface area contributed by atoms with Gasteiger partial charge in [-0.2, -0.15) is 0 Å². The largest absolute Gasteiger partial charge is 0.517 e.